The average Bonchev–Trinajstić information content (AvgIpc) is 2.34. The summed E-state index contributed by atoms with van der Waals surface area (Å²) in [6, 6.07) is 5.33. The van der Waals surface area contributed by atoms with Gasteiger partial charge in [-0.3, -0.25) is 0 Å². The Hall–Kier alpha value is -1.97. The smallest absolute Gasteiger partial charge is 0.223 e. The molecule has 4 heteroatoms. The van der Waals surface area contributed by atoms with Gasteiger partial charge in [-0.2, -0.15) is 0 Å². The summed E-state index contributed by atoms with van der Waals surface area (Å²) >= 11 is 0. The molecule has 1 aromatic carbocycles. The van der Waals surface area contributed by atoms with E-state index in [2.05, 4.69) is 22.2 Å². The number of nitrogens with zero attached hydrogens (tertiary/aromatic N) is 2. The van der Waals surface area contributed by atoms with Crippen molar-refractivity contribution in [3.05, 3.63) is 40.8 Å². The van der Waals surface area contributed by atoms with Crippen molar-refractivity contribution in [3.8, 4) is 11.3 Å². The van der Waals surface area contributed by atoms with E-state index in [-0.39, 0.29) is 5.82 Å². The SMILES string of the molecule is CCCNc1nc(C)cc(-c2c(C)cc(C)cc2F)n1. The van der Waals surface area contributed by atoms with Crippen LogP contribution < -0.4 is 5.32 Å². The minimum atomic E-state index is -0.234. The van der Waals surface area contributed by atoms with Gasteiger partial charge in [0, 0.05) is 17.8 Å². The predicted octanol–water partition coefficient (Wildman–Crippen LogP) is 4.03. The first-order valence-corrected chi connectivity index (χ1v) is 6.88. The van der Waals surface area contributed by atoms with Gasteiger partial charge in [0.2, 0.25) is 5.95 Å². The van der Waals surface area contributed by atoms with Gasteiger partial charge in [-0.05, 0) is 50.5 Å². The van der Waals surface area contributed by atoms with Crippen molar-refractivity contribution in [3.63, 3.8) is 0 Å². The Morgan fingerprint density at radius 1 is 1.10 bits per heavy atom. The molecule has 0 atom stereocenters. The quantitative estimate of drug-likeness (QED) is 0.914. The van der Waals surface area contributed by atoms with Crippen LogP contribution in [0.2, 0.25) is 0 Å². The zero-order valence-corrected chi connectivity index (χ0v) is 12.4. The van der Waals surface area contributed by atoms with E-state index in [0.29, 0.717) is 17.2 Å². The number of halogens is 1. The van der Waals surface area contributed by atoms with Gasteiger partial charge in [-0.1, -0.05) is 13.0 Å². The lowest BCUT2D eigenvalue weighted by molar-refractivity contribution is 0.628. The van der Waals surface area contributed by atoms with Crippen LogP contribution in [0.3, 0.4) is 0 Å². The molecular weight excluding hydrogens is 253 g/mol. The van der Waals surface area contributed by atoms with Gasteiger partial charge in [0.15, 0.2) is 0 Å². The Bertz CT molecular complexity index is 600. The van der Waals surface area contributed by atoms with E-state index in [4.69, 9.17) is 0 Å². The Morgan fingerprint density at radius 2 is 1.85 bits per heavy atom. The first-order chi connectivity index (χ1) is 9.51. The number of aromatic nitrogens is 2. The second-order valence-corrected chi connectivity index (χ2v) is 5.08. The lowest BCUT2D eigenvalue weighted by Gasteiger charge is -2.11. The first-order valence-electron chi connectivity index (χ1n) is 6.88. The first kappa shape index (κ1) is 14.4. The van der Waals surface area contributed by atoms with Crippen LogP contribution in [0.5, 0.6) is 0 Å². The number of hydrogen-bond donors (Lipinski definition) is 1. The fraction of sp³-hybridized carbons (Fsp3) is 0.375. The standard InChI is InChI=1S/C16H20FN3/c1-5-6-18-16-19-12(4)9-14(20-16)15-11(3)7-10(2)8-13(15)17/h7-9H,5-6H2,1-4H3,(H,18,19,20). The molecule has 0 amide bonds. The molecule has 0 fully saturated rings. The molecule has 0 saturated heterocycles. The van der Waals surface area contributed by atoms with Crippen molar-refractivity contribution >= 4 is 5.95 Å². The summed E-state index contributed by atoms with van der Waals surface area (Å²) in [6.45, 7) is 8.57. The number of rotatable bonds is 4. The van der Waals surface area contributed by atoms with Crippen LogP contribution in [0.1, 0.15) is 30.2 Å². The maximum Gasteiger partial charge on any atom is 0.223 e. The number of benzene rings is 1. The highest BCUT2D eigenvalue weighted by molar-refractivity contribution is 5.66. The van der Waals surface area contributed by atoms with Crippen molar-refractivity contribution in [2.45, 2.75) is 34.1 Å². The largest absolute Gasteiger partial charge is 0.354 e. The Labute approximate surface area is 119 Å². The van der Waals surface area contributed by atoms with E-state index in [9.17, 15) is 4.39 Å². The van der Waals surface area contributed by atoms with Gasteiger partial charge in [-0.25, -0.2) is 14.4 Å². The molecule has 2 rings (SSSR count). The van der Waals surface area contributed by atoms with Crippen molar-refractivity contribution < 1.29 is 4.39 Å². The molecule has 0 bridgehead atoms. The van der Waals surface area contributed by atoms with Crippen LogP contribution in [0.15, 0.2) is 18.2 Å². The van der Waals surface area contributed by atoms with Gasteiger partial charge in [0.05, 0.1) is 5.69 Å². The van der Waals surface area contributed by atoms with Crippen molar-refractivity contribution in [1.29, 1.82) is 0 Å². The zero-order chi connectivity index (χ0) is 14.7. The molecule has 106 valence electrons. The number of nitrogens with one attached hydrogen (secondary N) is 1. The van der Waals surface area contributed by atoms with Crippen molar-refractivity contribution in [1.82, 2.24) is 9.97 Å². The molecule has 0 radical (unpaired) electrons. The normalized spacial score (nSPS) is 10.7. The summed E-state index contributed by atoms with van der Waals surface area (Å²) in [4.78, 5) is 8.76. The molecule has 0 aliphatic heterocycles. The number of hydrogen-bond acceptors (Lipinski definition) is 3. The predicted molar refractivity (Wildman–Crippen MR) is 80.4 cm³/mol. The molecule has 0 spiro atoms. The molecule has 20 heavy (non-hydrogen) atoms. The molecule has 2 aromatic rings. The van der Waals surface area contributed by atoms with Crippen LogP contribution in [-0.2, 0) is 0 Å². The molecule has 1 N–H and O–H groups in total. The fourth-order valence-corrected chi connectivity index (χ4v) is 2.25. The maximum atomic E-state index is 14.2. The monoisotopic (exact) mass is 273 g/mol. The Balaban J connectivity index is 2.50. The number of anilines is 1. The van der Waals surface area contributed by atoms with E-state index in [1.165, 1.54) is 0 Å². The molecule has 0 aliphatic rings. The highest BCUT2D eigenvalue weighted by atomic mass is 19.1. The highest BCUT2D eigenvalue weighted by Crippen LogP contribution is 2.27. The minimum absolute atomic E-state index is 0.234. The van der Waals surface area contributed by atoms with Gasteiger partial charge in [0.1, 0.15) is 5.82 Å². The molecule has 1 aromatic heterocycles. The lowest BCUT2D eigenvalue weighted by atomic mass is 10.0. The van der Waals surface area contributed by atoms with Crippen molar-refractivity contribution in [2.24, 2.45) is 0 Å². The minimum Gasteiger partial charge on any atom is -0.354 e. The summed E-state index contributed by atoms with van der Waals surface area (Å²) in [7, 11) is 0. The zero-order valence-electron chi connectivity index (χ0n) is 12.4. The average molecular weight is 273 g/mol. The van der Waals surface area contributed by atoms with Gasteiger partial charge in [-0.15, -0.1) is 0 Å². The topological polar surface area (TPSA) is 37.8 Å². The molecular formula is C16H20FN3. The summed E-state index contributed by atoms with van der Waals surface area (Å²) in [6.07, 6.45) is 0.991. The van der Waals surface area contributed by atoms with Gasteiger partial charge >= 0.3 is 0 Å². The lowest BCUT2D eigenvalue weighted by Crippen LogP contribution is -2.06. The van der Waals surface area contributed by atoms with E-state index in [1.807, 2.05) is 32.9 Å². The van der Waals surface area contributed by atoms with Crippen LogP contribution in [0.4, 0.5) is 10.3 Å². The third-order valence-corrected chi connectivity index (χ3v) is 3.08. The fourth-order valence-electron chi connectivity index (χ4n) is 2.25. The van der Waals surface area contributed by atoms with Gasteiger partial charge in [0.25, 0.3) is 0 Å². The second-order valence-electron chi connectivity index (χ2n) is 5.08. The summed E-state index contributed by atoms with van der Waals surface area (Å²) < 4.78 is 14.2. The van der Waals surface area contributed by atoms with E-state index < -0.39 is 0 Å². The maximum absolute atomic E-state index is 14.2. The Kier molecular flexibility index (Phi) is 4.32. The second kappa shape index (κ2) is 5.99. The molecule has 0 saturated carbocycles. The van der Waals surface area contributed by atoms with Crippen LogP contribution in [-0.4, -0.2) is 16.5 Å². The molecule has 3 nitrogen and oxygen atoms in total. The summed E-state index contributed by atoms with van der Waals surface area (Å²) in [5.41, 5.74) is 3.82. The highest BCUT2D eigenvalue weighted by Gasteiger charge is 2.12. The number of aryl methyl sites for hydroxylation is 3. The molecule has 0 unspecified atom stereocenters. The van der Waals surface area contributed by atoms with Gasteiger partial charge < -0.3 is 5.32 Å². The summed E-state index contributed by atoms with van der Waals surface area (Å²) in [5, 5.41) is 3.15. The van der Waals surface area contributed by atoms with Crippen LogP contribution in [0.25, 0.3) is 11.3 Å². The van der Waals surface area contributed by atoms with E-state index in [0.717, 1.165) is 29.8 Å². The Morgan fingerprint density at radius 3 is 2.50 bits per heavy atom. The molecule has 1 heterocycles. The van der Waals surface area contributed by atoms with Crippen LogP contribution >= 0.6 is 0 Å². The molecule has 0 aliphatic carbocycles. The summed E-state index contributed by atoms with van der Waals surface area (Å²) in [5.74, 6) is 0.322. The van der Waals surface area contributed by atoms with Crippen molar-refractivity contribution in [2.75, 3.05) is 11.9 Å². The van der Waals surface area contributed by atoms with E-state index in [1.54, 1.807) is 6.07 Å². The third-order valence-electron chi connectivity index (χ3n) is 3.08. The van der Waals surface area contributed by atoms with E-state index >= 15 is 0 Å². The van der Waals surface area contributed by atoms with Crippen LogP contribution in [0, 0.1) is 26.6 Å². The third kappa shape index (κ3) is 3.13.